The maximum absolute atomic E-state index is 13.0. The van der Waals surface area contributed by atoms with Crippen molar-refractivity contribution >= 4 is 5.91 Å². The first-order chi connectivity index (χ1) is 26.7. The fraction of sp³-hybridized carbons (Fsp3) is 0.841. The standard InChI is InChI=1S/C44H81NO10/c1-3-5-7-9-11-13-15-17-18-20-22-24-26-28-30-32-37(48)43(53)45-35(34-54-44-42(52)41(51)40(50)38(33-46)55-44)39(49)36(47)31-29-27-25-23-21-19-16-14-12-10-8-6-4-2/h6,8,14,16,23,25,35-42,44,46-52H,3-5,7,9-13,15,17-22,24,26-34H2,1-2H3,(H,45,53)/b8-6+,16-14+,25-23+. The molecule has 0 saturated carbocycles. The Hall–Kier alpha value is -1.67. The number of hydrogen-bond donors (Lipinski definition) is 8. The zero-order chi connectivity index (χ0) is 40.5. The quantitative estimate of drug-likeness (QED) is 0.0262. The number of aliphatic hydroxyl groups is 7. The molecule has 9 unspecified atom stereocenters. The van der Waals surface area contributed by atoms with Crippen LogP contribution in [0, 0.1) is 0 Å². The topological polar surface area (TPSA) is 189 Å². The second-order valence-electron chi connectivity index (χ2n) is 15.4. The molecule has 0 aromatic rings. The molecule has 1 rings (SSSR count). The van der Waals surface area contributed by atoms with Crippen LogP contribution in [0.3, 0.4) is 0 Å². The van der Waals surface area contributed by atoms with Gasteiger partial charge in [0.25, 0.3) is 0 Å². The Balaban J connectivity index is 2.52. The van der Waals surface area contributed by atoms with Crippen LogP contribution in [0.2, 0.25) is 0 Å². The van der Waals surface area contributed by atoms with Crippen LogP contribution in [-0.4, -0.2) is 110 Å². The van der Waals surface area contributed by atoms with Crippen molar-refractivity contribution in [2.24, 2.45) is 0 Å². The van der Waals surface area contributed by atoms with Crippen molar-refractivity contribution in [3.8, 4) is 0 Å². The van der Waals surface area contributed by atoms with Gasteiger partial charge in [-0.25, -0.2) is 0 Å². The average molecular weight is 784 g/mol. The van der Waals surface area contributed by atoms with E-state index >= 15 is 0 Å². The summed E-state index contributed by atoms with van der Waals surface area (Å²) in [5.74, 6) is -0.714. The molecule has 0 bridgehead atoms. The lowest BCUT2D eigenvalue weighted by Gasteiger charge is -2.40. The third-order valence-electron chi connectivity index (χ3n) is 10.4. The molecule has 9 atom stereocenters. The zero-order valence-corrected chi connectivity index (χ0v) is 34.4. The largest absolute Gasteiger partial charge is 0.394 e. The van der Waals surface area contributed by atoms with E-state index in [1.807, 2.05) is 6.08 Å². The van der Waals surface area contributed by atoms with Gasteiger partial charge in [-0.15, -0.1) is 0 Å². The first-order valence-electron chi connectivity index (χ1n) is 21.9. The molecule has 1 heterocycles. The third kappa shape index (κ3) is 24.7. The van der Waals surface area contributed by atoms with Crippen LogP contribution in [0.15, 0.2) is 36.5 Å². The Morgan fingerprint density at radius 2 is 1.13 bits per heavy atom. The molecule has 11 nitrogen and oxygen atoms in total. The third-order valence-corrected chi connectivity index (χ3v) is 10.4. The summed E-state index contributed by atoms with van der Waals surface area (Å²) in [4.78, 5) is 13.0. The van der Waals surface area contributed by atoms with E-state index in [9.17, 15) is 40.5 Å². The zero-order valence-electron chi connectivity index (χ0n) is 34.4. The second-order valence-corrected chi connectivity index (χ2v) is 15.4. The van der Waals surface area contributed by atoms with E-state index < -0.39 is 74.2 Å². The fourth-order valence-electron chi connectivity index (χ4n) is 6.77. The number of rotatable bonds is 35. The summed E-state index contributed by atoms with van der Waals surface area (Å²) in [5, 5.41) is 75.4. The molecule has 0 spiro atoms. The molecule has 8 N–H and O–H groups in total. The number of carbonyl (C=O) groups is 1. The Morgan fingerprint density at radius 1 is 0.636 bits per heavy atom. The van der Waals surface area contributed by atoms with Crippen molar-refractivity contribution in [1.82, 2.24) is 5.32 Å². The summed E-state index contributed by atoms with van der Waals surface area (Å²) in [6, 6.07) is -1.19. The Kier molecular flexibility index (Phi) is 32.1. The second kappa shape index (κ2) is 34.4. The molecule has 0 aliphatic carbocycles. The summed E-state index contributed by atoms with van der Waals surface area (Å²) in [7, 11) is 0. The van der Waals surface area contributed by atoms with Crippen LogP contribution in [0.25, 0.3) is 0 Å². The summed E-state index contributed by atoms with van der Waals surface area (Å²) in [6.07, 6.45) is 26.3. The number of ether oxygens (including phenoxy) is 2. The minimum atomic E-state index is -1.67. The van der Waals surface area contributed by atoms with Crippen LogP contribution in [-0.2, 0) is 14.3 Å². The molecule has 322 valence electrons. The van der Waals surface area contributed by atoms with Crippen LogP contribution in [0.5, 0.6) is 0 Å². The highest BCUT2D eigenvalue weighted by Gasteiger charge is 2.44. The Bertz CT molecular complexity index is 992. The number of nitrogens with one attached hydrogen (secondary N) is 1. The summed E-state index contributed by atoms with van der Waals surface area (Å²) in [5.41, 5.74) is 0. The summed E-state index contributed by atoms with van der Waals surface area (Å²) in [6.45, 7) is 3.29. The van der Waals surface area contributed by atoms with Crippen molar-refractivity contribution in [2.45, 2.75) is 223 Å². The van der Waals surface area contributed by atoms with Crippen LogP contribution < -0.4 is 5.32 Å². The molecule has 1 aliphatic rings. The summed E-state index contributed by atoms with van der Waals surface area (Å²) < 4.78 is 11.0. The van der Waals surface area contributed by atoms with Crippen LogP contribution in [0.4, 0.5) is 0 Å². The first kappa shape index (κ1) is 51.3. The van der Waals surface area contributed by atoms with E-state index in [0.717, 1.165) is 51.4 Å². The molecule has 1 fully saturated rings. The highest BCUT2D eigenvalue weighted by atomic mass is 16.7. The molecule has 0 radical (unpaired) electrons. The average Bonchev–Trinajstić information content (AvgIpc) is 3.18. The minimum Gasteiger partial charge on any atom is -0.394 e. The van der Waals surface area contributed by atoms with Gasteiger partial charge in [-0.1, -0.05) is 147 Å². The Morgan fingerprint density at radius 3 is 1.64 bits per heavy atom. The molecular weight excluding hydrogens is 702 g/mol. The molecule has 1 aliphatic heterocycles. The smallest absolute Gasteiger partial charge is 0.249 e. The normalized spacial score (nSPS) is 22.8. The number of amides is 1. The van der Waals surface area contributed by atoms with Gasteiger partial charge >= 0.3 is 0 Å². The van der Waals surface area contributed by atoms with Gasteiger partial charge < -0.3 is 50.5 Å². The number of allylic oxidation sites excluding steroid dienone is 6. The molecule has 1 saturated heterocycles. The predicted molar refractivity (Wildman–Crippen MR) is 219 cm³/mol. The molecule has 0 aromatic heterocycles. The number of carbonyl (C=O) groups excluding carboxylic acids is 1. The lowest BCUT2D eigenvalue weighted by molar-refractivity contribution is -0.303. The first-order valence-corrected chi connectivity index (χ1v) is 21.9. The van der Waals surface area contributed by atoms with Gasteiger partial charge in [-0.3, -0.25) is 4.79 Å². The Labute approximate surface area is 333 Å². The molecular formula is C44H81NO10. The molecule has 55 heavy (non-hydrogen) atoms. The molecule has 1 amide bonds. The van der Waals surface area contributed by atoms with Gasteiger partial charge in [-0.2, -0.15) is 0 Å². The van der Waals surface area contributed by atoms with E-state index in [1.54, 1.807) is 0 Å². The van der Waals surface area contributed by atoms with Crippen molar-refractivity contribution < 1.29 is 50.0 Å². The summed E-state index contributed by atoms with van der Waals surface area (Å²) >= 11 is 0. The van der Waals surface area contributed by atoms with Crippen LogP contribution >= 0.6 is 0 Å². The predicted octanol–water partition coefficient (Wildman–Crippen LogP) is 6.44. The number of aliphatic hydroxyl groups excluding tert-OH is 7. The van der Waals surface area contributed by atoms with Gasteiger partial charge in [0.05, 0.1) is 25.4 Å². The van der Waals surface area contributed by atoms with E-state index in [0.29, 0.717) is 19.3 Å². The van der Waals surface area contributed by atoms with E-state index in [2.05, 4.69) is 49.5 Å². The van der Waals surface area contributed by atoms with Gasteiger partial charge in [0.15, 0.2) is 6.29 Å². The van der Waals surface area contributed by atoms with E-state index in [1.165, 1.54) is 70.6 Å². The van der Waals surface area contributed by atoms with Gasteiger partial charge in [0, 0.05) is 0 Å². The molecule has 0 aromatic carbocycles. The monoisotopic (exact) mass is 784 g/mol. The number of hydrogen-bond acceptors (Lipinski definition) is 10. The van der Waals surface area contributed by atoms with Crippen molar-refractivity contribution in [1.29, 1.82) is 0 Å². The highest BCUT2D eigenvalue weighted by Crippen LogP contribution is 2.23. The van der Waals surface area contributed by atoms with Gasteiger partial charge in [0.1, 0.15) is 36.6 Å². The SMILES string of the molecule is CC/C=C/CC/C=C/CC/C=C/CCCC(O)C(O)C(COC1OC(CO)C(O)C(O)C1O)NC(=O)C(O)CCCCCCCCCCCCCCCCC. The maximum Gasteiger partial charge on any atom is 0.249 e. The fourth-order valence-corrected chi connectivity index (χ4v) is 6.77. The van der Waals surface area contributed by atoms with E-state index in [4.69, 9.17) is 9.47 Å². The van der Waals surface area contributed by atoms with E-state index in [-0.39, 0.29) is 12.8 Å². The van der Waals surface area contributed by atoms with Crippen LogP contribution in [0.1, 0.15) is 168 Å². The van der Waals surface area contributed by atoms with Gasteiger partial charge in [-0.05, 0) is 57.8 Å². The highest BCUT2D eigenvalue weighted by molar-refractivity contribution is 5.80. The lowest BCUT2D eigenvalue weighted by Crippen LogP contribution is -2.60. The van der Waals surface area contributed by atoms with Crippen molar-refractivity contribution in [2.75, 3.05) is 13.2 Å². The molecule has 11 heteroatoms. The minimum absolute atomic E-state index is 0.241. The lowest BCUT2D eigenvalue weighted by atomic mass is 9.98. The van der Waals surface area contributed by atoms with Gasteiger partial charge in [0.2, 0.25) is 5.91 Å². The van der Waals surface area contributed by atoms with Crippen molar-refractivity contribution in [3.05, 3.63) is 36.5 Å². The number of unbranched alkanes of at least 4 members (excludes halogenated alkanes) is 17. The van der Waals surface area contributed by atoms with Crippen molar-refractivity contribution in [3.63, 3.8) is 0 Å². The maximum atomic E-state index is 13.0.